The summed E-state index contributed by atoms with van der Waals surface area (Å²) in [5, 5.41) is 44.8. The molecule has 0 saturated heterocycles. The fourth-order valence-electron chi connectivity index (χ4n) is 13.4. The lowest BCUT2D eigenvalue weighted by Crippen LogP contribution is -2.60. The van der Waals surface area contributed by atoms with E-state index in [9.17, 15) is 38.4 Å². The number of nitrogens with one attached hydrogen (secondary N) is 14. The van der Waals surface area contributed by atoms with Crippen LogP contribution in [-0.4, -0.2) is 220 Å². The van der Waals surface area contributed by atoms with Gasteiger partial charge in [-0.2, -0.15) is 0 Å². The molecule has 2 aromatic rings. The van der Waals surface area contributed by atoms with Crippen LogP contribution in [0.3, 0.4) is 0 Å². The number of primary amides is 1. The minimum absolute atomic E-state index is 0.0325. The van der Waals surface area contributed by atoms with Crippen LogP contribution in [0.5, 0.6) is 0 Å². The van der Waals surface area contributed by atoms with Gasteiger partial charge in [-0.15, -0.1) is 0 Å². The normalized spacial score (nSPS) is 15.7. The molecule has 0 bridgehead atoms. The van der Waals surface area contributed by atoms with Gasteiger partial charge in [0.25, 0.3) is 0 Å². The summed E-state index contributed by atoms with van der Waals surface area (Å²) in [6, 6.07) is -12.0. The highest BCUT2D eigenvalue weighted by Crippen LogP contribution is 2.17. The van der Waals surface area contributed by atoms with Gasteiger partial charge in [-0.25, -0.2) is 9.97 Å². The van der Waals surface area contributed by atoms with E-state index in [1.54, 1.807) is 84.2 Å². The number of Topliss-reactive ketones (excluding diaryl/α,β-unsaturated/α-hetero) is 1. The number of unbranched alkanes of at least 4 members (excludes halogenated alkanes) is 12. The Morgan fingerprint density at radius 3 is 1.81 bits per heavy atom. The van der Waals surface area contributed by atoms with Gasteiger partial charge in [-0.1, -0.05) is 119 Å². The minimum atomic E-state index is -1.60. The summed E-state index contributed by atoms with van der Waals surface area (Å²) in [4.78, 5) is 171. The van der Waals surface area contributed by atoms with Crippen LogP contribution in [0.25, 0.3) is 0 Å². The van der Waals surface area contributed by atoms with E-state index < -0.39 is 126 Å². The maximum absolute atomic E-state index is 15.1. The number of aliphatic imine (C=N–C) groups is 4. The molecule has 1 aliphatic heterocycles. The van der Waals surface area contributed by atoms with Crippen molar-refractivity contribution in [3.8, 4) is 0 Å². The molecule has 12 atom stereocenters. The molecule has 0 radical (unpaired) electrons. The molecular weight excluding hydrogens is 1510 g/mol. The lowest BCUT2D eigenvalue weighted by Gasteiger charge is -2.29. The van der Waals surface area contributed by atoms with Crippen LogP contribution in [0.1, 0.15) is 248 Å². The van der Waals surface area contributed by atoms with Gasteiger partial charge in [-0.05, 0) is 116 Å². The average molecular weight is 1660 g/mol. The van der Waals surface area contributed by atoms with Gasteiger partial charge in [0.1, 0.15) is 48.1 Å². The summed E-state index contributed by atoms with van der Waals surface area (Å²) in [6.45, 7) is 19.4. The Morgan fingerprint density at radius 2 is 1.22 bits per heavy atom. The van der Waals surface area contributed by atoms with Crippen molar-refractivity contribution in [2.75, 3.05) is 39.4 Å². The van der Waals surface area contributed by atoms with E-state index in [1.165, 1.54) is 77.4 Å². The van der Waals surface area contributed by atoms with Crippen molar-refractivity contribution >= 4 is 88.5 Å². The first kappa shape index (κ1) is 103. The third-order valence-electron chi connectivity index (χ3n) is 20.3. The van der Waals surface area contributed by atoms with E-state index in [-0.39, 0.29) is 112 Å². The molecule has 36 heteroatoms. The number of carbonyl (C=O) groups excluding carboxylic acids is 10. The van der Waals surface area contributed by atoms with Gasteiger partial charge in [-0.3, -0.25) is 67.9 Å². The standard InChI is InChI=1S/C82H146N26O10/c1-12-14-15-16-17-18-19-20-21-22-23-24-25-32-72(110)102-67(43-63-45-91-51-97-63)55(7)99-56(8)76(113)107-73(54(5)6)81(118)106-71(44-64-48-108(11)52-98-64)78(115)100-57(9)75(112)104-69(41-59(85)33-34-65(109)13-2)80(117)103-66(31-28-37-92-58(10)84)77(114)105-70(42-60-35-39-90-50-96-60)79(116)101-62(30-27-38-93-82(87)88)47-94-61(29-26-36-89-49-83)46-95-68(74(86)111)40-53(3)4/h35,39,45,48,50-54,56-57,60-62,66-71,73,85,89,94-95H,12-34,36-38,40-44,46-47,49,83H2,1-11H3,(H2,84,92)(H2,86,111)(H,90,96)(H,91,97)(H,100,115)(H,101,116)(H,102,110)(H,103,117)(H,104,112)(H,105,114)(H,106,118)(H,107,113)(H4,87,88,93). The molecule has 118 heavy (non-hydrogen) atoms. The molecule has 0 aromatic carbocycles. The Kier molecular flexibility index (Phi) is 51.5. The van der Waals surface area contributed by atoms with Crippen molar-refractivity contribution in [2.24, 2.45) is 67.5 Å². The molecule has 0 spiro atoms. The molecule has 3 rings (SSSR count). The van der Waals surface area contributed by atoms with Gasteiger partial charge in [0.05, 0.1) is 48.6 Å². The zero-order chi connectivity index (χ0) is 87.3. The van der Waals surface area contributed by atoms with Gasteiger partial charge in [0.15, 0.2) is 5.96 Å². The largest absolute Gasteiger partial charge is 0.388 e. The van der Waals surface area contributed by atoms with Crippen molar-refractivity contribution in [3.63, 3.8) is 0 Å². The predicted octanol–water partition coefficient (Wildman–Crippen LogP) is 2.83. The summed E-state index contributed by atoms with van der Waals surface area (Å²) >= 11 is 0. The zero-order valence-corrected chi connectivity index (χ0v) is 72.3. The number of hydrogen-bond donors (Lipinski definition) is 19. The number of nitrogens with zero attached hydrogens (tertiary/aromatic N) is 7. The fraction of sp³-hybridized carbons (Fsp3) is 0.720. The molecule has 24 N–H and O–H groups in total. The molecule has 1 aliphatic rings. The Morgan fingerprint density at radius 1 is 0.610 bits per heavy atom. The summed E-state index contributed by atoms with van der Waals surface area (Å²) < 4.78 is 1.65. The molecule has 3 heterocycles. The lowest BCUT2D eigenvalue weighted by molar-refractivity contribution is -0.135. The number of amides is 9. The molecule has 12 unspecified atom stereocenters. The van der Waals surface area contributed by atoms with Gasteiger partial charge < -0.3 is 107 Å². The number of amidine groups is 1. The number of hydrogen-bond acceptors (Lipinski definition) is 22. The second-order valence-electron chi connectivity index (χ2n) is 31.9. The number of imidazole rings is 2. The third kappa shape index (κ3) is 44.9. The number of nitrogens with two attached hydrogens (primary N) is 5. The van der Waals surface area contributed by atoms with Crippen LogP contribution < -0.4 is 92.5 Å². The Balaban J connectivity index is 1.94. The van der Waals surface area contributed by atoms with Crippen molar-refractivity contribution in [1.82, 2.24) is 83.3 Å². The van der Waals surface area contributed by atoms with Crippen molar-refractivity contribution < 1.29 is 47.9 Å². The monoisotopic (exact) mass is 1660 g/mol. The highest BCUT2D eigenvalue weighted by Gasteiger charge is 2.36. The van der Waals surface area contributed by atoms with Gasteiger partial charge in [0.2, 0.25) is 53.2 Å². The first-order valence-electron chi connectivity index (χ1n) is 42.7. The minimum Gasteiger partial charge on any atom is -0.388 e. The molecule has 664 valence electrons. The zero-order valence-electron chi connectivity index (χ0n) is 72.3. The van der Waals surface area contributed by atoms with Crippen LogP contribution in [-0.2, 0) is 67.8 Å². The van der Waals surface area contributed by atoms with E-state index in [2.05, 4.69) is 101 Å². The third-order valence-corrected chi connectivity index (χ3v) is 20.3. The molecule has 2 aromatic heterocycles. The van der Waals surface area contributed by atoms with Crippen LogP contribution >= 0.6 is 0 Å². The first-order valence-corrected chi connectivity index (χ1v) is 42.7. The molecule has 36 nitrogen and oxygen atoms in total. The summed E-state index contributed by atoms with van der Waals surface area (Å²) in [5.74, 6) is -6.41. The van der Waals surface area contributed by atoms with Crippen LogP contribution in [0.15, 0.2) is 57.3 Å². The van der Waals surface area contributed by atoms with Gasteiger partial charge >= 0.3 is 0 Å². The number of rotatable bonds is 66. The van der Waals surface area contributed by atoms with E-state index in [4.69, 9.17) is 39.1 Å². The Hall–Kier alpha value is -9.55. The first-order chi connectivity index (χ1) is 56.3. The Bertz CT molecular complexity index is 3490. The molecule has 0 saturated carbocycles. The highest BCUT2D eigenvalue weighted by molar-refractivity contribution is 6.00. The summed E-state index contributed by atoms with van der Waals surface area (Å²) in [6.07, 6.45) is 29.4. The predicted molar refractivity (Wildman–Crippen MR) is 464 cm³/mol. The number of ketones is 1. The Labute approximate surface area is 699 Å². The van der Waals surface area contributed by atoms with Crippen LogP contribution in [0.2, 0.25) is 0 Å². The second-order valence-corrected chi connectivity index (χ2v) is 31.9. The van der Waals surface area contributed by atoms with Crippen LogP contribution in [0.4, 0.5) is 0 Å². The number of aromatic amines is 1. The summed E-state index contributed by atoms with van der Waals surface area (Å²) in [7, 11) is 1.72. The number of H-pyrrole nitrogens is 1. The average Bonchev–Trinajstić information content (AvgIpc) is 1.12. The maximum Gasteiger partial charge on any atom is 0.245 e. The van der Waals surface area contributed by atoms with E-state index >= 15 is 9.59 Å². The van der Waals surface area contributed by atoms with E-state index in [1.807, 2.05) is 13.8 Å². The lowest BCUT2D eigenvalue weighted by atomic mass is 10.0. The highest BCUT2D eigenvalue weighted by atomic mass is 16.2. The second kappa shape index (κ2) is 59.2. The SMILES string of the molecule is CCCCCCCCCCCCCCCC(=O)NC(Cc1cnc[nH]1)C(C)=NC(C)C(=O)NC(C(=O)NC(Cc1cn(C)cn1)C(=O)NC(C)C(=O)NC(CC(=N)CCC(=O)CC)C(=O)NC(CCCN=C(C)N)C(=O)NC(CC1C=CNC=N1)C(=O)NC(CCCN=C(N)N)CNC(CCCNCN)CNC(CC(C)C)C(N)=O)C(C)C. The number of aromatic nitrogens is 4. The van der Waals surface area contributed by atoms with Crippen molar-refractivity contribution in [3.05, 3.63) is 48.7 Å². The van der Waals surface area contributed by atoms with E-state index in [0.717, 1.165) is 31.4 Å². The van der Waals surface area contributed by atoms with Crippen molar-refractivity contribution in [1.29, 1.82) is 5.41 Å². The molecule has 0 aliphatic carbocycles. The fourth-order valence-corrected chi connectivity index (χ4v) is 13.4. The quantitative estimate of drug-likeness (QED) is 0.0196. The van der Waals surface area contributed by atoms with Crippen molar-refractivity contribution in [2.45, 2.75) is 322 Å². The van der Waals surface area contributed by atoms with E-state index in [0.29, 0.717) is 69.4 Å². The topological polar surface area (TPSA) is 565 Å². The summed E-state index contributed by atoms with van der Waals surface area (Å²) in [5.41, 5.74) is 30.4. The van der Waals surface area contributed by atoms with Gasteiger partial charge in [0, 0.05) is 126 Å². The number of carbonyl (C=O) groups is 10. The number of guanidine groups is 1. The maximum atomic E-state index is 15.1. The molecule has 0 fully saturated rings. The smallest absolute Gasteiger partial charge is 0.245 e. The molecule has 9 amide bonds. The van der Waals surface area contributed by atoms with Crippen LogP contribution in [0, 0.1) is 17.2 Å². The molecular formula is C82H146N26O10. The number of aryl methyl sites for hydroxylation is 1.